The number of halogens is 1. The molecule has 0 saturated heterocycles. The fourth-order valence-corrected chi connectivity index (χ4v) is 4.45. The molecule has 6 heteroatoms. The number of nitrogens with one attached hydrogen (secondary N) is 1. The van der Waals surface area contributed by atoms with E-state index in [9.17, 15) is 9.59 Å². The first-order valence-electron chi connectivity index (χ1n) is 9.40. The summed E-state index contributed by atoms with van der Waals surface area (Å²) in [6.45, 7) is 0.451. The van der Waals surface area contributed by atoms with Gasteiger partial charge in [0.05, 0.1) is 10.6 Å². The largest absolute Gasteiger partial charge is 0.348 e. The van der Waals surface area contributed by atoms with Crippen LogP contribution in [0.25, 0.3) is 6.08 Å². The molecule has 0 aromatic heterocycles. The van der Waals surface area contributed by atoms with Crippen LogP contribution in [0.5, 0.6) is 0 Å². The number of carbonyl (C=O) groups excluding carboxylic acids is 2. The summed E-state index contributed by atoms with van der Waals surface area (Å²) in [5, 5.41) is 3.54. The quantitative estimate of drug-likeness (QED) is 0.561. The van der Waals surface area contributed by atoms with Gasteiger partial charge < -0.3 is 10.2 Å². The van der Waals surface area contributed by atoms with E-state index in [1.54, 1.807) is 30.1 Å². The number of hydrogen-bond acceptors (Lipinski definition) is 3. The number of amides is 2. The second-order valence-corrected chi connectivity index (χ2v) is 8.40. The first-order chi connectivity index (χ1) is 14.5. The Morgan fingerprint density at radius 1 is 1.07 bits per heavy atom. The molecule has 1 aliphatic rings. The van der Waals surface area contributed by atoms with Crippen LogP contribution < -0.4 is 10.2 Å². The van der Waals surface area contributed by atoms with E-state index in [1.165, 1.54) is 11.8 Å². The average molecular weight is 435 g/mol. The predicted molar refractivity (Wildman–Crippen MR) is 123 cm³/mol. The standard InChI is InChI=1S/C24H19ClN2O2S/c1-27-20-14-18(23(28)26-15-16-6-3-2-4-7-16)10-11-21(20)30-22(24(27)29)13-17-8-5-9-19(25)12-17/h2-14H,15H2,1H3,(H,26,28)/b22-13-. The topological polar surface area (TPSA) is 49.4 Å². The summed E-state index contributed by atoms with van der Waals surface area (Å²) in [5.41, 5.74) is 3.14. The van der Waals surface area contributed by atoms with Gasteiger partial charge >= 0.3 is 0 Å². The zero-order valence-corrected chi connectivity index (χ0v) is 17.8. The van der Waals surface area contributed by atoms with E-state index in [0.717, 1.165) is 21.7 Å². The molecule has 0 unspecified atom stereocenters. The van der Waals surface area contributed by atoms with Gasteiger partial charge in [0.2, 0.25) is 0 Å². The van der Waals surface area contributed by atoms with Gasteiger partial charge in [0.1, 0.15) is 0 Å². The molecule has 30 heavy (non-hydrogen) atoms. The van der Waals surface area contributed by atoms with Crippen LogP contribution in [-0.4, -0.2) is 18.9 Å². The minimum atomic E-state index is -0.173. The van der Waals surface area contributed by atoms with Crippen LogP contribution >= 0.6 is 23.4 Å². The molecule has 0 atom stereocenters. The van der Waals surface area contributed by atoms with E-state index >= 15 is 0 Å². The van der Waals surface area contributed by atoms with Gasteiger partial charge in [-0.3, -0.25) is 9.59 Å². The number of fused-ring (bicyclic) bond motifs is 1. The average Bonchev–Trinajstić information content (AvgIpc) is 2.76. The number of hydrogen-bond donors (Lipinski definition) is 1. The van der Waals surface area contributed by atoms with Crippen molar-refractivity contribution in [3.05, 3.63) is 99.4 Å². The van der Waals surface area contributed by atoms with E-state index < -0.39 is 0 Å². The Kier molecular flexibility index (Phi) is 5.93. The van der Waals surface area contributed by atoms with Crippen LogP contribution in [-0.2, 0) is 11.3 Å². The molecule has 0 fully saturated rings. The Balaban J connectivity index is 1.54. The number of nitrogens with zero attached hydrogens (tertiary/aromatic N) is 1. The molecular formula is C24H19ClN2O2S. The molecule has 3 aromatic rings. The van der Waals surface area contributed by atoms with E-state index in [-0.39, 0.29) is 11.8 Å². The van der Waals surface area contributed by atoms with Crippen molar-refractivity contribution in [1.82, 2.24) is 5.32 Å². The van der Waals surface area contributed by atoms with Gasteiger partial charge in [-0.2, -0.15) is 0 Å². The molecule has 4 nitrogen and oxygen atoms in total. The van der Waals surface area contributed by atoms with Crippen molar-refractivity contribution in [3.8, 4) is 0 Å². The van der Waals surface area contributed by atoms with Crippen molar-refractivity contribution in [2.45, 2.75) is 11.4 Å². The lowest BCUT2D eigenvalue weighted by atomic mass is 10.1. The van der Waals surface area contributed by atoms with Crippen LogP contribution in [0, 0.1) is 0 Å². The van der Waals surface area contributed by atoms with Gasteiger partial charge in [0.15, 0.2) is 0 Å². The van der Waals surface area contributed by atoms with E-state index in [1.807, 2.05) is 60.7 Å². The second kappa shape index (κ2) is 8.78. The van der Waals surface area contributed by atoms with Crippen LogP contribution in [0.1, 0.15) is 21.5 Å². The molecule has 0 bridgehead atoms. The summed E-state index contributed by atoms with van der Waals surface area (Å²) in [7, 11) is 1.72. The maximum atomic E-state index is 12.9. The Bertz CT molecular complexity index is 1140. The lowest BCUT2D eigenvalue weighted by Crippen LogP contribution is -2.31. The van der Waals surface area contributed by atoms with E-state index in [2.05, 4.69) is 5.32 Å². The summed E-state index contributed by atoms with van der Waals surface area (Å²) in [6, 6.07) is 22.5. The van der Waals surface area contributed by atoms with Gasteiger partial charge in [-0.05, 0) is 47.5 Å². The minimum Gasteiger partial charge on any atom is -0.348 e. The minimum absolute atomic E-state index is 0.116. The second-order valence-electron chi connectivity index (χ2n) is 6.88. The maximum Gasteiger partial charge on any atom is 0.264 e. The molecule has 0 saturated carbocycles. The zero-order chi connectivity index (χ0) is 21.1. The normalized spacial score (nSPS) is 14.5. The third kappa shape index (κ3) is 4.42. The number of rotatable bonds is 4. The number of thioether (sulfide) groups is 1. The number of likely N-dealkylation sites (N-methyl/N-ethyl adjacent to an activating group) is 1. The number of carbonyl (C=O) groups is 2. The Labute approximate surface area is 184 Å². The first kappa shape index (κ1) is 20.3. The van der Waals surface area contributed by atoms with Crippen molar-refractivity contribution in [2.24, 2.45) is 0 Å². The summed E-state index contributed by atoms with van der Waals surface area (Å²) >= 11 is 7.45. The lowest BCUT2D eigenvalue weighted by Gasteiger charge is -2.27. The van der Waals surface area contributed by atoms with Gasteiger partial charge in [0.25, 0.3) is 11.8 Å². The number of anilines is 1. The van der Waals surface area contributed by atoms with Crippen LogP contribution in [0.15, 0.2) is 82.6 Å². The number of benzene rings is 3. The molecule has 3 aromatic carbocycles. The van der Waals surface area contributed by atoms with Crippen LogP contribution in [0.4, 0.5) is 5.69 Å². The summed E-state index contributed by atoms with van der Waals surface area (Å²) in [5.74, 6) is -0.290. The molecule has 150 valence electrons. The highest BCUT2D eigenvalue weighted by atomic mass is 35.5. The fourth-order valence-electron chi connectivity index (χ4n) is 3.16. The van der Waals surface area contributed by atoms with E-state index in [0.29, 0.717) is 22.0 Å². The highest BCUT2D eigenvalue weighted by Gasteiger charge is 2.27. The predicted octanol–water partition coefficient (Wildman–Crippen LogP) is 5.38. The molecule has 0 aliphatic carbocycles. The highest BCUT2D eigenvalue weighted by Crippen LogP contribution is 2.42. The lowest BCUT2D eigenvalue weighted by molar-refractivity contribution is -0.114. The van der Waals surface area contributed by atoms with Crippen molar-refractivity contribution < 1.29 is 9.59 Å². The van der Waals surface area contributed by atoms with Crippen molar-refractivity contribution in [1.29, 1.82) is 0 Å². The SMILES string of the molecule is CN1C(=O)/C(=C/c2cccc(Cl)c2)Sc2ccc(C(=O)NCc3ccccc3)cc21. The van der Waals surface area contributed by atoms with Crippen molar-refractivity contribution in [2.75, 3.05) is 11.9 Å². The molecule has 0 radical (unpaired) electrons. The van der Waals surface area contributed by atoms with Gasteiger partial charge in [-0.1, -0.05) is 65.8 Å². The van der Waals surface area contributed by atoms with E-state index in [4.69, 9.17) is 11.6 Å². The molecule has 0 spiro atoms. The highest BCUT2D eigenvalue weighted by molar-refractivity contribution is 8.04. The smallest absolute Gasteiger partial charge is 0.264 e. The third-order valence-electron chi connectivity index (χ3n) is 4.76. The fraction of sp³-hybridized carbons (Fsp3) is 0.0833. The first-order valence-corrected chi connectivity index (χ1v) is 10.6. The molecule has 2 amide bonds. The van der Waals surface area contributed by atoms with Gasteiger partial charge in [-0.15, -0.1) is 0 Å². The monoisotopic (exact) mass is 434 g/mol. The Morgan fingerprint density at radius 3 is 2.63 bits per heavy atom. The van der Waals surface area contributed by atoms with Gasteiger partial charge in [0, 0.05) is 29.1 Å². The summed E-state index contributed by atoms with van der Waals surface area (Å²) in [6.07, 6.45) is 1.83. The van der Waals surface area contributed by atoms with Crippen molar-refractivity contribution >= 4 is 46.9 Å². The Hall–Kier alpha value is -3.02. The zero-order valence-electron chi connectivity index (χ0n) is 16.3. The molecular weight excluding hydrogens is 416 g/mol. The molecule has 1 heterocycles. The Morgan fingerprint density at radius 2 is 1.87 bits per heavy atom. The molecule has 4 rings (SSSR count). The third-order valence-corrected chi connectivity index (χ3v) is 6.07. The maximum absolute atomic E-state index is 12.9. The van der Waals surface area contributed by atoms with Gasteiger partial charge in [-0.25, -0.2) is 0 Å². The van der Waals surface area contributed by atoms with Crippen LogP contribution in [0.3, 0.4) is 0 Å². The summed E-state index contributed by atoms with van der Waals surface area (Å²) in [4.78, 5) is 28.6. The molecule has 1 N–H and O–H groups in total. The summed E-state index contributed by atoms with van der Waals surface area (Å²) < 4.78 is 0. The molecule has 1 aliphatic heterocycles. The van der Waals surface area contributed by atoms with Crippen molar-refractivity contribution in [3.63, 3.8) is 0 Å². The van der Waals surface area contributed by atoms with Crippen LogP contribution in [0.2, 0.25) is 5.02 Å².